The van der Waals surface area contributed by atoms with E-state index in [1.165, 1.54) is 11.1 Å². The van der Waals surface area contributed by atoms with E-state index >= 15 is 0 Å². The zero-order valence-electron chi connectivity index (χ0n) is 18.1. The van der Waals surface area contributed by atoms with E-state index in [9.17, 15) is 0 Å². The number of ether oxygens (including phenoxy) is 2. The molecule has 4 rings (SSSR count). The van der Waals surface area contributed by atoms with Crippen molar-refractivity contribution in [3.8, 4) is 18.0 Å². The second kappa shape index (κ2) is 9.84. The van der Waals surface area contributed by atoms with Gasteiger partial charge in [0, 0.05) is 22.9 Å². The van der Waals surface area contributed by atoms with Crippen LogP contribution in [0.1, 0.15) is 53.1 Å². The summed E-state index contributed by atoms with van der Waals surface area (Å²) in [6.07, 6.45) is 5.55. The molecular formula is C26H24ClN3O2. The lowest BCUT2D eigenvalue weighted by Gasteiger charge is -2.25. The number of methoxy groups -OCH3 is 2. The molecule has 0 radical (unpaired) electrons. The molecule has 32 heavy (non-hydrogen) atoms. The number of benzene rings is 2. The molecule has 6 heteroatoms. The molecule has 0 spiro atoms. The second-order valence-electron chi connectivity index (χ2n) is 7.75. The fourth-order valence-corrected chi connectivity index (χ4v) is 4.50. The fourth-order valence-electron chi connectivity index (χ4n) is 4.20. The van der Waals surface area contributed by atoms with Crippen LogP contribution in [-0.2, 0) is 6.42 Å². The zero-order chi connectivity index (χ0) is 22.5. The van der Waals surface area contributed by atoms with Gasteiger partial charge < -0.3 is 9.47 Å². The number of hydrogen-bond acceptors (Lipinski definition) is 5. The maximum absolute atomic E-state index is 9.09. The zero-order valence-corrected chi connectivity index (χ0v) is 18.9. The smallest absolute Gasteiger partial charge is 0.319 e. The van der Waals surface area contributed by atoms with Gasteiger partial charge in [0.2, 0.25) is 5.88 Å². The van der Waals surface area contributed by atoms with Gasteiger partial charge in [0.15, 0.2) is 0 Å². The molecule has 2 aromatic carbocycles. The van der Waals surface area contributed by atoms with Crippen LogP contribution in [0.2, 0.25) is 5.02 Å². The highest BCUT2D eigenvalue weighted by molar-refractivity contribution is 6.32. The Morgan fingerprint density at radius 1 is 1.09 bits per heavy atom. The summed E-state index contributed by atoms with van der Waals surface area (Å²) < 4.78 is 11.0. The molecule has 162 valence electrons. The van der Waals surface area contributed by atoms with Crippen LogP contribution in [0.5, 0.6) is 11.9 Å². The number of rotatable bonds is 6. The Bertz CT molecular complexity index is 1190. The number of halogens is 1. The van der Waals surface area contributed by atoms with Gasteiger partial charge in [-0.25, -0.2) is 0 Å². The minimum atomic E-state index is 0.223. The molecule has 0 saturated heterocycles. The van der Waals surface area contributed by atoms with Crippen molar-refractivity contribution >= 4 is 17.2 Å². The quantitative estimate of drug-likeness (QED) is 0.468. The fraction of sp³-hybridized carbons (Fsp3) is 0.269. The first-order valence-electron chi connectivity index (χ1n) is 10.5. The predicted molar refractivity (Wildman–Crippen MR) is 125 cm³/mol. The summed E-state index contributed by atoms with van der Waals surface area (Å²) in [4.78, 5) is 9.19. The summed E-state index contributed by atoms with van der Waals surface area (Å²) in [6, 6.07) is 18.2. The van der Waals surface area contributed by atoms with Crippen molar-refractivity contribution in [3.63, 3.8) is 0 Å². The van der Waals surface area contributed by atoms with Gasteiger partial charge in [0.05, 0.1) is 31.5 Å². The Hall–Kier alpha value is -3.36. The molecule has 5 nitrogen and oxygen atoms in total. The van der Waals surface area contributed by atoms with Crippen molar-refractivity contribution < 1.29 is 9.47 Å². The van der Waals surface area contributed by atoms with Crippen LogP contribution in [0, 0.1) is 11.3 Å². The summed E-state index contributed by atoms with van der Waals surface area (Å²) in [5, 5.41) is 9.70. The Balaban J connectivity index is 1.67. The Labute approximate surface area is 193 Å². The molecule has 0 aliphatic heterocycles. The molecule has 1 aliphatic carbocycles. The third-order valence-electron chi connectivity index (χ3n) is 5.82. The molecular weight excluding hydrogens is 422 g/mol. The topological polar surface area (TPSA) is 68.0 Å². The van der Waals surface area contributed by atoms with E-state index in [1.54, 1.807) is 20.3 Å². The molecule has 0 N–H and O–H groups in total. The number of hydrogen-bond donors (Lipinski definition) is 0. The van der Waals surface area contributed by atoms with Crippen LogP contribution in [0.3, 0.4) is 0 Å². The molecule has 0 saturated carbocycles. The van der Waals surface area contributed by atoms with E-state index in [4.69, 9.17) is 31.3 Å². The molecule has 1 atom stereocenters. The number of nitriles is 1. The average Bonchev–Trinajstić information content (AvgIpc) is 2.84. The van der Waals surface area contributed by atoms with Crippen LogP contribution in [0.25, 0.3) is 5.57 Å². The van der Waals surface area contributed by atoms with Gasteiger partial charge in [-0.15, -0.1) is 0 Å². The van der Waals surface area contributed by atoms with Gasteiger partial charge in [-0.3, -0.25) is 0 Å². The second-order valence-corrected chi connectivity index (χ2v) is 8.16. The summed E-state index contributed by atoms with van der Waals surface area (Å²) in [5.74, 6) is 0.779. The van der Waals surface area contributed by atoms with Gasteiger partial charge in [0.1, 0.15) is 0 Å². The summed E-state index contributed by atoms with van der Waals surface area (Å²) >= 11 is 6.44. The van der Waals surface area contributed by atoms with Gasteiger partial charge in [-0.2, -0.15) is 15.2 Å². The standard InChI is InChI=1S/C26H24ClN3O2/c1-31-25-22(14-17-6-4-3-5-7-17)24(29-26(30-25)32-2)20-11-9-19(10-12-20)21-13-8-18(16-28)15-23(21)27/h3-9,13,15,20H,10-12,14H2,1-2H3. The summed E-state index contributed by atoms with van der Waals surface area (Å²) in [7, 11) is 3.20. The molecule has 0 amide bonds. The molecule has 0 fully saturated rings. The molecule has 1 unspecified atom stereocenters. The third-order valence-corrected chi connectivity index (χ3v) is 6.13. The van der Waals surface area contributed by atoms with Crippen molar-refractivity contribution in [3.05, 3.63) is 87.6 Å². The Morgan fingerprint density at radius 2 is 1.91 bits per heavy atom. The van der Waals surface area contributed by atoms with E-state index in [0.29, 0.717) is 28.9 Å². The first-order valence-corrected chi connectivity index (χ1v) is 10.9. The molecule has 3 aromatic rings. The first-order chi connectivity index (χ1) is 15.6. The number of aromatic nitrogens is 2. The van der Waals surface area contributed by atoms with Crippen molar-refractivity contribution in [1.29, 1.82) is 5.26 Å². The monoisotopic (exact) mass is 445 g/mol. The van der Waals surface area contributed by atoms with Crippen LogP contribution in [0.4, 0.5) is 0 Å². The maximum Gasteiger partial charge on any atom is 0.319 e. The van der Waals surface area contributed by atoms with E-state index in [1.807, 2.05) is 30.3 Å². The van der Waals surface area contributed by atoms with Gasteiger partial charge in [-0.1, -0.05) is 54.1 Å². The van der Waals surface area contributed by atoms with Crippen LogP contribution in [0.15, 0.2) is 54.6 Å². The van der Waals surface area contributed by atoms with Crippen molar-refractivity contribution in [2.24, 2.45) is 0 Å². The van der Waals surface area contributed by atoms with E-state index < -0.39 is 0 Å². The third kappa shape index (κ3) is 4.61. The highest BCUT2D eigenvalue weighted by atomic mass is 35.5. The Morgan fingerprint density at radius 3 is 2.53 bits per heavy atom. The van der Waals surface area contributed by atoms with Crippen molar-refractivity contribution in [2.45, 2.75) is 31.6 Å². The normalized spacial score (nSPS) is 15.6. The summed E-state index contributed by atoms with van der Waals surface area (Å²) in [5.41, 5.74) is 5.91. The van der Waals surface area contributed by atoms with E-state index in [0.717, 1.165) is 36.1 Å². The van der Waals surface area contributed by atoms with E-state index in [-0.39, 0.29) is 5.92 Å². The predicted octanol–water partition coefficient (Wildman–Crippen LogP) is 5.96. The maximum atomic E-state index is 9.09. The highest BCUT2D eigenvalue weighted by Crippen LogP contribution is 2.40. The van der Waals surface area contributed by atoms with E-state index in [2.05, 4.69) is 29.3 Å². The highest BCUT2D eigenvalue weighted by Gasteiger charge is 2.26. The Kier molecular flexibility index (Phi) is 6.72. The molecule has 1 heterocycles. The molecule has 1 aromatic heterocycles. The van der Waals surface area contributed by atoms with Crippen LogP contribution < -0.4 is 9.47 Å². The lowest BCUT2D eigenvalue weighted by Crippen LogP contribution is -2.13. The van der Waals surface area contributed by atoms with Crippen LogP contribution >= 0.6 is 11.6 Å². The molecule has 0 bridgehead atoms. The minimum Gasteiger partial charge on any atom is -0.481 e. The molecule has 1 aliphatic rings. The first kappa shape index (κ1) is 21.9. The van der Waals surface area contributed by atoms with Crippen LogP contribution in [-0.4, -0.2) is 24.2 Å². The number of allylic oxidation sites excluding steroid dienone is 2. The lowest BCUT2D eigenvalue weighted by molar-refractivity contribution is 0.344. The van der Waals surface area contributed by atoms with Crippen molar-refractivity contribution in [2.75, 3.05) is 14.2 Å². The summed E-state index contributed by atoms with van der Waals surface area (Å²) in [6.45, 7) is 0. The lowest BCUT2D eigenvalue weighted by atomic mass is 9.82. The van der Waals surface area contributed by atoms with Gasteiger partial charge in [-0.05, 0) is 48.1 Å². The largest absolute Gasteiger partial charge is 0.481 e. The minimum absolute atomic E-state index is 0.223. The van der Waals surface area contributed by atoms with Gasteiger partial charge >= 0.3 is 6.01 Å². The SMILES string of the molecule is COc1nc(OC)c(Cc2ccccc2)c(C2CC=C(c3ccc(C#N)cc3Cl)CC2)n1. The average molecular weight is 446 g/mol. The van der Waals surface area contributed by atoms with Crippen molar-refractivity contribution in [1.82, 2.24) is 9.97 Å². The number of nitrogens with zero attached hydrogens (tertiary/aromatic N) is 3. The van der Waals surface area contributed by atoms with Gasteiger partial charge in [0.25, 0.3) is 0 Å².